The van der Waals surface area contributed by atoms with Crippen LogP contribution in [0, 0.1) is 10.1 Å². The molecule has 1 atom stereocenters. The quantitative estimate of drug-likeness (QED) is 0.620. The van der Waals surface area contributed by atoms with Gasteiger partial charge in [0.15, 0.2) is 0 Å². The number of nitro benzene ring substituents is 1. The van der Waals surface area contributed by atoms with Crippen LogP contribution in [-0.2, 0) is 11.3 Å². The Balaban J connectivity index is 2.74. The van der Waals surface area contributed by atoms with Gasteiger partial charge in [-0.3, -0.25) is 10.1 Å². The van der Waals surface area contributed by atoms with Gasteiger partial charge in [-0.15, -0.1) is 0 Å². The minimum atomic E-state index is -0.362. The predicted octanol–water partition coefficient (Wildman–Crippen LogP) is 2.87. The van der Waals surface area contributed by atoms with Crippen molar-refractivity contribution in [2.75, 3.05) is 13.7 Å². The molecule has 1 rings (SSSR count). The summed E-state index contributed by atoms with van der Waals surface area (Å²) in [5, 5.41) is 14.2. The number of halogens is 1. The molecule has 0 fully saturated rings. The van der Waals surface area contributed by atoms with Crippen LogP contribution in [0.25, 0.3) is 0 Å². The first-order chi connectivity index (χ1) is 8.58. The second-order valence-corrected chi connectivity index (χ2v) is 4.89. The predicted molar refractivity (Wildman–Crippen MR) is 73.6 cm³/mol. The Kier molecular flexibility index (Phi) is 6.24. The summed E-state index contributed by atoms with van der Waals surface area (Å²) in [6.07, 6.45) is 0.915. The van der Waals surface area contributed by atoms with Crippen LogP contribution in [0.2, 0.25) is 0 Å². The summed E-state index contributed by atoms with van der Waals surface area (Å²) >= 11 is 3.24. The van der Waals surface area contributed by atoms with Crippen molar-refractivity contribution in [3.8, 4) is 0 Å². The highest BCUT2D eigenvalue weighted by Crippen LogP contribution is 2.23. The van der Waals surface area contributed by atoms with E-state index < -0.39 is 0 Å². The second-order valence-electron chi connectivity index (χ2n) is 3.97. The van der Waals surface area contributed by atoms with Crippen LogP contribution in [0.1, 0.15) is 18.9 Å². The van der Waals surface area contributed by atoms with E-state index in [4.69, 9.17) is 4.74 Å². The first kappa shape index (κ1) is 15.1. The highest BCUT2D eigenvalue weighted by molar-refractivity contribution is 9.10. The average molecular weight is 317 g/mol. The minimum absolute atomic E-state index is 0.129. The van der Waals surface area contributed by atoms with Crippen LogP contribution in [-0.4, -0.2) is 24.7 Å². The summed E-state index contributed by atoms with van der Waals surface area (Å²) < 4.78 is 5.79. The summed E-state index contributed by atoms with van der Waals surface area (Å²) in [4.78, 5) is 10.6. The monoisotopic (exact) mass is 316 g/mol. The molecule has 0 aliphatic rings. The molecule has 1 aromatic rings. The molecule has 5 nitrogen and oxygen atoms in total. The standard InChI is InChI=1S/C12H17BrN2O3/c1-3-11(8-18-2)14-7-9-4-5-10(13)6-12(9)15(16)17/h4-6,11,14H,3,7-8H2,1-2H3. The number of hydrogen-bond acceptors (Lipinski definition) is 4. The molecule has 0 bridgehead atoms. The number of methoxy groups -OCH3 is 1. The molecule has 0 radical (unpaired) electrons. The van der Waals surface area contributed by atoms with Gasteiger partial charge >= 0.3 is 0 Å². The average Bonchev–Trinajstić information content (AvgIpc) is 2.35. The van der Waals surface area contributed by atoms with Gasteiger partial charge in [0.25, 0.3) is 5.69 Å². The number of nitrogens with one attached hydrogen (secondary N) is 1. The fourth-order valence-electron chi connectivity index (χ4n) is 1.63. The molecular formula is C12H17BrN2O3. The van der Waals surface area contributed by atoms with Crippen molar-refractivity contribution in [1.82, 2.24) is 5.32 Å². The van der Waals surface area contributed by atoms with Crippen molar-refractivity contribution < 1.29 is 9.66 Å². The number of rotatable bonds is 7. The fourth-order valence-corrected chi connectivity index (χ4v) is 1.98. The minimum Gasteiger partial charge on any atom is -0.383 e. The molecule has 0 aliphatic heterocycles. The van der Waals surface area contributed by atoms with E-state index in [1.807, 2.05) is 6.92 Å². The molecule has 0 aromatic heterocycles. The third-order valence-electron chi connectivity index (χ3n) is 2.69. The van der Waals surface area contributed by atoms with Crippen LogP contribution in [0.5, 0.6) is 0 Å². The van der Waals surface area contributed by atoms with Gasteiger partial charge in [0, 0.05) is 35.8 Å². The van der Waals surface area contributed by atoms with E-state index in [0.717, 1.165) is 6.42 Å². The van der Waals surface area contributed by atoms with Crippen molar-refractivity contribution >= 4 is 21.6 Å². The van der Waals surface area contributed by atoms with Crippen LogP contribution in [0.15, 0.2) is 22.7 Å². The maximum atomic E-state index is 10.9. The van der Waals surface area contributed by atoms with Crippen molar-refractivity contribution in [3.05, 3.63) is 38.3 Å². The Morgan fingerprint density at radius 2 is 2.28 bits per heavy atom. The molecule has 0 spiro atoms. The van der Waals surface area contributed by atoms with Gasteiger partial charge in [-0.1, -0.05) is 22.9 Å². The highest BCUT2D eigenvalue weighted by Gasteiger charge is 2.15. The molecule has 1 aromatic carbocycles. The Labute approximate surface area is 115 Å². The summed E-state index contributed by atoms with van der Waals surface area (Å²) in [5.74, 6) is 0. The van der Waals surface area contributed by atoms with Gasteiger partial charge < -0.3 is 10.1 Å². The molecule has 6 heteroatoms. The van der Waals surface area contributed by atoms with Crippen LogP contribution >= 0.6 is 15.9 Å². The zero-order chi connectivity index (χ0) is 13.5. The number of ether oxygens (including phenoxy) is 1. The maximum Gasteiger partial charge on any atom is 0.275 e. The molecule has 100 valence electrons. The summed E-state index contributed by atoms with van der Waals surface area (Å²) in [5.41, 5.74) is 0.807. The molecule has 18 heavy (non-hydrogen) atoms. The molecule has 0 amide bonds. The van der Waals surface area contributed by atoms with E-state index in [1.54, 1.807) is 19.2 Å². The van der Waals surface area contributed by atoms with Crippen molar-refractivity contribution in [1.29, 1.82) is 0 Å². The lowest BCUT2D eigenvalue weighted by Crippen LogP contribution is -2.32. The number of nitro groups is 1. The zero-order valence-corrected chi connectivity index (χ0v) is 12.1. The number of benzene rings is 1. The van der Waals surface area contributed by atoms with E-state index in [2.05, 4.69) is 21.2 Å². The Hall–Kier alpha value is -0.980. The van der Waals surface area contributed by atoms with Gasteiger partial charge in [0.1, 0.15) is 0 Å². The van der Waals surface area contributed by atoms with Gasteiger partial charge in [0.05, 0.1) is 11.5 Å². The van der Waals surface area contributed by atoms with Gasteiger partial charge in [-0.2, -0.15) is 0 Å². The first-order valence-corrected chi connectivity index (χ1v) is 6.53. The normalized spacial score (nSPS) is 12.4. The van der Waals surface area contributed by atoms with Crippen LogP contribution in [0.4, 0.5) is 5.69 Å². The van der Waals surface area contributed by atoms with E-state index in [1.165, 1.54) is 6.07 Å². The molecule has 0 heterocycles. The van der Waals surface area contributed by atoms with E-state index in [0.29, 0.717) is 23.2 Å². The lowest BCUT2D eigenvalue weighted by Gasteiger charge is -2.15. The smallest absolute Gasteiger partial charge is 0.275 e. The molecule has 0 aliphatic carbocycles. The SMILES string of the molecule is CCC(COC)NCc1ccc(Br)cc1[N+](=O)[O-]. The van der Waals surface area contributed by atoms with Crippen LogP contribution < -0.4 is 5.32 Å². The van der Waals surface area contributed by atoms with Crippen molar-refractivity contribution in [2.45, 2.75) is 25.9 Å². The topological polar surface area (TPSA) is 64.4 Å². The highest BCUT2D eigenvalue weighted by atomic mass is 79.9. The van der Waals surface area contributed by atoms with E-state index in [-0.39, 0.29) is 16.7 Å². The van der Waals surface area contributed by atoms with E-state index in [9.17, 15) is 10.1 Å². The lowest BCUT2D eigenvalue weighted by molar-refractivity contribution is -0.385. The summed E-state index contributed by atoms with van der Waals surface area (Å²) in [6, 6.07) is 5.29. The molecule has 0 saturated heterocycles. The third kappa shape index (κ3) is 4.36. The van der Waals surface area contributed by atoms with Gasteiger partial charge in [0.2, 0.25) is 0 Å². The molecule has 1 unspecified atom stereocenters. The first-order valence-electron chi connectivity index (χ1n) is 5.73. The summed E-state index contributed by atoms with van der Waals surface area (Å²) in [6.45, 7) is 3.11. The third-order valence-corrected chi connectivity index (χ3v) is 3.18. The fraction of sp³-hybridized carbons (Fsp3) is 0.500. The van der Waals surface area contributed by atoms with Gasteiger partial charge in [-0.25, -0.2) is 0 Å². The Morgan fingerprint density at radius 1 is 1.56 bits per heavy atom. The van der Waals surface area contributed by atoms with Gasteiger partial charge in [-0.05, 0) is 18.6 Å². The maximum absolute atomic E-state index is 10.9. The van der Waals surface area contributed by atoms with E-state index >= 15 is 0 Å². The molecule has 0 saturated carbocycles. The Bertz CT molecular complexity index is 412. The second kappa shape index (κ2) is 7.45. The van der Waals surface area contributed by atoms with Crippen molar-refractivity contribution in [2.24, 2.45) is 0 Å². The lowest BCUT2D eigenvalue weighted by atomic mass is 10.1. The van der Waals surface area contributed by atoms with Crippen LogP contribution in [0.3, 0.4) is 0 Å². The number of hydrogen-bond donors (Lipinski definition) is 1. The summed E-state index contributed by atoms with van der Waals surface area (Å²) in [7, 11) is 1.65. The molecule has 1 N–H and O–H groups in total. The molecular weight excluding hydrogens is 300 g/mol. The van der Waals surface area contributed by atoms with Crippen molar-refractivity contribution in [3.63, 3.8) is 0 Å². The zero-order valence-electron chi connectivity index (χ0n) is 10.5. The number of nitrogens with zero attached hydrogens (tertiary/aromatic N) is 1. The largest absolute Gasteiger partial charge is 0.383 e. The Morgan fingerprint density at radius 3 is 2.83 bits per heavy atom.